The summed E-state index contributed by atoms with van der Waals surface area (Å²) in [6.07, 6.45) is 0.741. The van der Waals surface area contributed by atoms with E-state index in [1.54, 1.807) is 12.1 Å². The molecule has 0 spiro atoms. The molecule has 2 rings (SSSR count). The summed E-state index contributed by atoms with van der Waals surface area (Å²) in [5, 5.41) is 12.6. The molecule has 1 aromatic carbocycles. The molecule has 0 aliphatic carbocycles. The smallest absolute Gasteiger partial charge is 0.273 e. The molecule has 0 aliphatic heterocycles. The fourth-order valence-electron chi connectivity index (χ4n) is 2.00. The van der Waals surface area contributed by atoms with Gasteiger partial charge < -0.3 is 4.74 Å². The van der Waals surface area contributed by atoms with Gasteiger partial charge in [-0.3, -0.25) is 4.57 Å². The third-order valence-electron chi connectivity index (χ3n) is 2.84. The van der Waals surface area contributed by atoms with Gasteiger partial charge in [-0.05, 0) is 37.6 Å². The first-order valence-corrected chi connectivity index (χ1v) is 8.21. The largest absolute Gasteiger partial charge is 0.494 e. The lowest BCUT2D eigenvalue weighted by Gasteiger charge is -2.08. The molecule has 0 bridgehead atoms. The highest BCUT2D eigenvalue weighted by Gasteiger charge is 2.21. The number of aromatic nitrogens is 3. The average Bonchev–Trinajstić information content (AvgIpc) is 2.84. The summed E-state index contributed by atoms with van der Waals surface area (Å²) < 4.78 is 30.0. The van der Waals surface area contributed by atoms with Gasteiger partial charge >= 0.3 is 0 Å². The Morgan fingerprint density at radius 1 is 1.19 bits per heavy atom. The van der Waals surface area contributed by atoms with Crippen molar-refractivity contribution in [3.05, 3.63) is 24.3 Å². The number of sulfonamides is 1. The van der Waals surface area contributed by atoms with E-state index in [0.717, 1.165) is 17.7 Å². The number of benzene rings is 1. The Bertz CT molecular complexity index is 708. The monoisotopic (exact) mass is 310 g/mol. The Morgan fingerprint density at radius 2 is 1.86 bits per heavy atom. The van der Waals surface area contributed by atoms with E-state index in [4.69, 9.17) is 9.88 Å². The molecular weight excluding hydrogens is 292 g/mol. The van der Waals surface area contributed by atoms with Gasteiger partial charge in [0.05, 0.1) is 6.61 Å². The van der Waals surface area contributed by atoms with Crippen LogP contribution in [0.1, 0.15) is 20.3 Å². The van der Waals surface area contributed by atoms with Gasteiger partial charge in [-0.1, -0.05) is 6.92 Å². The van der Waals surface area contributed by atoms with Crippen molar-refractivity contribution in [1.29, 1.82) is 0 Å². The molecule has 2 N–H and O–H groups in total. The molecule has 1 aromatic heterocycles. The van der Waals surface area contributed by atoms with Crippen molar-refractivity contribution in [2.45, 2.75) is 32.0 Å². The van der Waals surface area contributed by atoms with Crippen LogP contribution in [-0.4, -0.2) is 29.8 Å². The number of hydrogen-bond acceptors (Lipinski definition) is 5. The molecule has 0 saturated carbocycles. The second-order valence-corrected chi connectivity index (χ2v) is 5.92. The van der Waals surface area contributed by atoms with E-state index in [2.05, 4.69) is 10.2 Å². The maximum absolute atomic E-state index is 11.5. The highest BCUT2D eigenvalue weighted by molar-refractivity contribution is 7.89. The highest BCUT2D eigenvalue weighted by Crippen LogP contribution is 2.23. The zero-order chi connectivity index (χ0) is 15.5. The van der Waals surface area contributed by atoms with Crippen LogP contribution in [0.25, 0.3) is 11.4 Å². The molecule has 2 aromatic rings. The number of ether oxygens (including phenoxy) is 1. The van der Waals surface area contributed by atoms with Crippen LogP contribution in [-0.2, 0) is 16.6 Å². The zero-order valence-corrected chi connectivity index (χ0v) is 12.8. The average molecular weight is 310 g/mol. The Morgan fingerprint density at radius 3 is 2.38 bits per heavy atom. The summed E-state index contributed by atoms with van der Waals surface area (Å²) in [6.45, 7) is 4.90. The minimum absolute atomic E-state index is 0.215. The van der Waals surface area contributed by atoms with Crippen molar-refractivity contribution in [2.24, 2.45) is 5.14 Å². The molecule has 7 nitrogen and oxygen atoms in total. The minimum atomic E-state index is -3.89. The van der Waals surface area contributed by atoms with Gasteiger partial charge in [-0.25, -0.2) is 13.6 Å². The third-order valence-corrected chi connectivity index (χ3v) is 3.65. The summed E-state index contributed by atoms with van der Waals surface area (Å²) in [5.41, 5.74) is 0.759. The van der Waals surface area contributed by atoms with Crippen LogP contribution < -0.4 is 9.88 Å². The topological polar surface area (TPSA) is 100 Å². The normalized spacial score (nSPS) is 11.6. The van der Waals surface area contributed by atoms with Gasteiger partial charge in [0.1, 0.15) is 5.75 Å². The lowest BCUT2D eigenvalue weighted by Crippen LogP contribution is -2.19. The molecule has 114 valence electrons. The van der Waals surface area contributed by atoms with Gasteiger partial charge in [-0.15, -0.1) is 10.2 Å². The van der Waals surface area contributed by atoms with E-state index in [9.17, 15) is 8.42 Å². The van der Waals surface area contributed by atoms with Crippen LogP contribution in [0.2, 0.25) is 0 Å². The molecule has 0 saturated heterocycles. The van der Waals surface area contributed by atoms with Crippen LogP contribution >= 0.6 is 0 Å². The van der Waals surface area contributed by atoms with Gasteiger partial charge in [0.25, 0.3) is 15.2 Å². The van der Waals surface area contributed by atoms with E-state index < -0.39 is 10.0 Å². The number of hydrogen-bond donors (Lipinski definition) is 1. The molecule has 21 heavy (non-hydrogen) atoms. The summed E-state index contributed by atoms with van der Waals surface area (Å²) in [6, 6.07) is 7.24. The van der Waals surface area contributed by atoms with Crippen molar-refractivity contribution < 1.29 is 13.2 Å². The van der Waals surface area contributed by atoms with E-state index >= 15 is 0 Å². The lowest BCUT2D eigenvalue weighted by molar-refractivity contribution is 0.340. The Balaban J connectivity index is 2.46. The van der Waals surface area contributed by atoms with Crippen LogP contribution in [0.5, 0.6) is 5.75 Å². The van der Waals surface area contributed by atoms with E-state index in [1.807, 2.05) is 26.0 Å². The molecular formula is C13H18N4O3S. The van der Waals surface area contributed by atoms with Crippen LogP contribution in [0, 0.1) is 0 Å². The first kappa shape index (κ1) is 15.5. The van der Waals surface area contributed by atoms with Crippen LogP contribution in [0.3, 0.4) is 0 Å². The van der Waals surface area contributed by atoms with Crippen molar-refractivity contribution in [1.82, 2.24) is 14.8 Å². The molecule has 0 fully saturated rings. The van der Waals surface area contributed by atoms with Gasteiger partial charge in [0.15, 0.2) is 5.82 Å². The third kappa shape index (κ3) is 3.40. The second kappa shape index (κ2) is 6.23. The van der Waals surface area contributed by atoms with Crippen molar-refractivity contribution in [2.75, 3.05) is 6.61 Å². The standard InChI is InChI=1S/C13H18N4O3S/c1-3-9-17-12(15-16-13(17)21(14,18)19)10-5-7-11(8-6-10)20-4-2/h5-8H,3-4,9H2,1-2H3,(H2,14,18,19). The SMILES string of the molecule is CCCn1c(-c2ccc(OCC)cc2)nnc1S(N)(=O)=O. The predicted octanol–water partition coefficient (Wildman–Crippen LogP) is 1.40. The summed E-state index contributed by atoms with van der Waals surface area (Å²) >= 11 is 0. The summed E-state index contributed by atoms with van der Waals surface area (Å²) in [4.78, 5) is 0. The van der Waals surface area contributed by atoms with Crippen molar-refractivity contribution in [3.63, 3.8) is 0 Å². The molecule has 8 heteroatoms. The Kier molecular flexibility index (Phi) is 4.59. The maximum Gasteiger partial charge on any atom is 0.273 e. The quantitative estimate of drug-likeness (QED) is 0.869. The molecule has 0 atom stereocenters. The number of rotatable bonds is 6. The Labute approximate surface area is 123 Å². The molecule has 0 radical (unpaired) electrons. The number of nitrogens with two attached hydrogens (primary N) is 1. The van der Waals surface area contributed by atoms with Gasteiger partial charge in [-0.2, -0.15) is 0 Å². The summed E-state index contributed by atoms with van der Waals surface area (Å²) in [5.74, 6) is 1.22. The molecule has 0 unspecified atom stereocenters. The zero-order valence-electron chi connectivity index (χ0n) is 12.0. The van der Waals surface area contributed by atoms with E-state index in [0.29, 0.717) is 19.0 Å². The number of primary sulfonamides is 1. The maximum atomic E-state index is 11.5. The lowest BCUT2D eigenvalue weighted by atomic mass is 10.2. The minimum Gasteiger partial charge on any atom is -0.494 e. The second-order valence-electron chi connectivity index (χ2n) is 4.46. The molecule has 0 aliphatic rings. The molecule has 0 amide bonds. The van der Waals surface area contributed by atoms with Crippen molar-refractivity contribution >= 4 is 10.0 Å². The first-order valence-electron chi connectivity index (χ1n) is 6.66. The Hall–Kier alpha value is -1.93. The van der Waals surface area contributed by atoms with Crippen LogP contribution in [0.4, 0.5) is 0 Å². The molecule has 1 heterocycles. The predicted molar refractivity (Wildman–Crippen MR) is 78.3 cm³/mol. The fourth-order valence-corrected chi connectivity index (χ4v) is 2.64. The van der Waals surface area contributed by atoms with E-state index in [1.165, 1.54) is 4.57 Å². The van der Waals surface area contributed by atoms with Crippen molar-refractivity contribution in [3.8, 4) is 17.1 Å². The summed E-state index contributed by atoms with van der Waals surface area (Å²) in [7, 11) is -3.89. The highest BCUT2D eigenvalue weighted by atomic mass is 32.2. The van der Waals surface area contributed by atoms with Gasteiger partial charge in [0.2, 0.25) is 0 Å². The fraction of sp³-hybridized carbons (Fsp3) is 0.385. The van der Waals surface area contributed by atoms with E-state index in [-0.39, 0.29) is 5.16 Å². The van der Waals surface area contributed by atoms with Gasteiger partial charge in [0, 0.05) is 12.1 Å². The van der Waals surface area contributed by atoms with Crippen LogP contribution in [0.15, 0.2) is 29.4 Å². The first-order chi connectivity index (χ1) is 9.97. The number of nitrogens with zero attached hydrogens (tertiary/aromatic N) is 3.